The Kier molecular flexibility index (Phi) is 6.99. The van der Waals surface area contributed by atoms with Crippen LogP contribution in [0.25, 0.3) is 0 Å². The Morgan fingerprint density at radius 3 is 2.48 bits per heavy atom. The summed E-state index contributed by atoms with van der Waals surface area (Å²) in [4.78, 5) is 12.5. The van der Waals surface area contributed by atoms with E-state index in [1.807, 2.05) is 25.1 Å². The molecule has 2 heterocycles. The molecule has 1 aliphatic carbocycles. The Morgan fingerprint density at radius 2 is 1.91 bits per heavy atom. The number of hydrogen-bond acceptors (Lipinski definition) is 5. The van der Waals surface area contributed by atoms with E-state index < -0.39 is 0 Å². The van der Waals surface area contributed by atoms with Crippen molar-refractivity contribution in [2.75, 3.05) is 5.32 Å². The molecule has 0 radical (unpaired) electrons. The summed E-state index contributed by atoms with van der Waals surface area (Å²) in [7, 11) is 0. The molecule has 5 heteroatoms. The second kappa shape index (κ2) is 9.52. The van der Waals surface area contributed by atoms with Crippen molar-refractivity contribution in [3.05, 3.63) is 48.0 Å². The highest BCUT2D eigenvalue weighted by atomic mass is 15.1. The molecule has 1 fully saturated rings. The molecule has 0 spiro atoms. The quantitative estimate of drug-likeness (QED) is 0.936. The molecule has 0 atom stereocenters. The summed E-state index contributed by atoms with van der Waals surface area (Å²) in [6.45, 7) is 1.94. The topological polar surface area (TPSA) is 74.5 Å². The van der Waals surface area contributed by atoms with Crippen molar-refractivity contribution in [2.24, 2.45) is 0 Å². The van der Waals surface area contributed by atoms with Gasteiger partial charge in [0.1, 0.15) is 0 Å². The van der Waals surface area contributed by atoms with Gasteiger partial charge in [0.05, 0.1) is 18.2 Å². The van der Waals surface area contributed by atoms with Gasteiger partial charge in [0.25, 0.3) is 0 Å². The number of pyridine rings is 1. The molecule has 23 heavy (non-hydrogen) atoms. The monoisotopic (exact) mass is 309 g/mol. The fraction of sp³-hybridized carbons (Fsp3) is 0.444. The molecule has 2 aromatic heterocycles. The lowest BCUT2D eigenvalue weighted by Gasteiger charge is -2.22. The zero-order chi connectivity index (χ0) is 16.3. The highest BCUT2D eigenvalue weighted by Crippen LogP contribution is 2.20. The number of anilines is 1. The van der Waals surface area contributed by atoms with E-state index in [4.69, 9.17) is 5.26 Å². The molecule has 0 aromatic carbocycles. The van der Waals surface area contributed by atoms with Gasteiger partial charge in [-0.15, -0.1) is 0 Å². The maximum Gasteiger partial charge on any atom is 0.223 e. The number of aryl methyl sites for hydroxylation is 1. The molecular weight excluding hydrogens is 286 g/mol. The smallest absolute Gasteiger partial charge is 0.223 e. The van der Waals surface area contributed by atoms with Crippen LogP contribution in [-0.2, 0) is 6.42 Å². The summed E-state index contributed by atoms with van der Waals surface area (Å²) >= 11 is 0. The van der Waals surface area contributed by atoms with Gasteiger partial charge in [0.15, 0.2) is 0 Å². The Balaban J connectivity index is 0.000000268. The largest absolute Gasteiger partial charge is 0.351 e. The lowest BCUT2D eigenvalue weighted by atomic mass is 9.96. The van der Waals surface area contributed by atoms with E-state index in [-0.39, 0.29) is 0 Å². The zero-order valence-corrected chi connectivity index (χ0v) is 13.6. The molecule has 1 saturated carbocycles. The number of hydrogen-bond donors (Lipinski definition) is 1. The molecule has 2 aromatic rings. The van der Waals surface area contributed by atoms with Gasteiger partial charge in [-0.25, -0.2) is 9.97 Å². The van der Waals surface area contributed by atoms with Crippen LogP contribution in [0, 0.1) is 18.3 Å². The van der Waals surface area contributed by atoms with Gasteiger partial charge in [-0.05, 0) is 37.5 Å². The van der Waals surface area contributed by atoms with Gasteiger partial charge in [-0.3, -0.25) is 4.98 Å². The minimum absolute atomic E-state index is 0.355. The van der Waals surface area contributed by atoms with Crippen LogP contribution in [0.4, 0.5) is 5.95 Å². The van der Waals surface area contributed by atoms with Gasteiger partial charge >= 0.3 is 0 Å². The fourth-order valence-electron chi connectivity index (χ4n) is 2.54. The molecule has 5 nitrogen and oxygen atoms in total. The predicted octanol–water partition coefficient (Wildman–Crippen LogP) is 3.68. The van der Waals surface area contributed by atoms with Gasteiger partial charge in [-0.1, -0.05) is 25.3 Å². The number of nitrogens with one attached hydrogen (secondary N) is 1. The van der Waals surface area contributed by atoms with Crippen LogP contribution in [0.5, 0.6) is 0 Å². The average Bonchev–Trinajstić information content (AvgIpc) is 2.61. The molecular formula is C18H23N5. The van der Waals surface area contributed by atoms with E-state index in [0.717, 1.165) is 11.3 Å². The Bertz CT molecular complexity index is 588. The first-order valence-corrected chi connectivity index (χ1v) is 8.10. The van der Waals surface area contributed by atoms with Crippen LogP contribution in [0.15, 0.2) is 36.8 Å². The molecule has 1 aliphatic rings. The molecule has 1 N–H and O–H groups in total. The van der Waals surface area contributed by atoms with Crippen LogP contribution in [0.3, 0.4) is 0 Å². The summed E-state index contributed by atoms with van der Waals surface area (Å²) in [5.41, 5.74) is 1.82. The maximum atomic E-state index is 8.73. The first-order valence-electron chi connectivity index (χ1n) is 8.10. The van der Waals surface area contributed by atoms with Crippen LogP contribution in [-0.4, -0.2) is 21.0 Å². The molecule has 0 amide bonds. The standard InChI is InChI=1S/C13H18N4.C5H5N/c1-10-9-15-13(17-12(10)7-8-14)16-11-5-3-2-4-6-11;1-2-4-6-5-3-1/h9,11H,2-7H2,1H3,(H,15,16,17);1-5H. The van der Waals surface area contributed by atoms with Crippen LogP contribution < -0.4 is 5.32 Å². The third-order valence-corrected chi connectivity index (χ3v) is 3.83. The van der Waals surface area contributed by atoms with Crippen LogP contribution >= 0.6 is 0 Å². The van der Waals surface area contributed by atoms with E-state index in [1.54, 1.807) is 18.6 Å². The summed E-state index contributed by atoms with van der Waals surface area (Å²) in [6.07, 6.45) is 12.0. The van der Waals surface area contributed by atoms with Gasteiger partial charge in [0.2, 0.25) is 5.95 Å². The number of rotatable bonds is 3. The van der Waals surface area contributed by atoms with Crippen molar-refractivity contribution >= 4 is 5.95 Å². The first kappa shape index (κ1) is 16.9. The molecule has 0 bridgehead atoms. The number of nitrogens with zero attached hydrogens (tertiary/aromatic N) is 4. The first-order chi connectivity index (χ1) is 11.3. The summed E-state index contributed by atoms with van der Waals surface area (Å²) in [5.74, 6) is 0.674. The normalized spacial score (nSPS) is 14.3. The summed E-state index contributed by atoms with van der Waals surface area (Å²) < 4.78 is 0. The predicted molar refractivity (Wildman–Crippen MR) is 90.8 cm³/mol. The minimum atomic E-state index is 0.355. The van der Waals surface area contributed by atoms with Gasteiger partial charge < -0.3 is 5.32 Å². The third-order valence-electron chi connectivity index (χ3n) is 3.83. The van der Waals surface area contributed by atoms with Crippen molar-refractivity contribution in [3.8, 4) is 6.07 Å². The van der Waals surface area contributed by atoms with Crippen molar-refractivity contribution in [3.63, 3.8) is 0 Å². The fourth-order valence-corrected chi connectivity index (χ4v) is 2.54. The average molecular weight is 309 g/mol. The van der Waals surface area contributed by atoms with E-state index in [2.05, 4.69) is 26.3 Å². The summed E-state index contributed by atoms with van der Waals surface area (Å²) in [6, 6.07) is 8.35. The van der Waals surface area contributed by atoms with Crippen molar-refractivity contribution in [1.82, 2.24) is 15.0 Å². The molecule has 120 valence electrons. The lowest BCUT2D eigenvalue weighted by Crippen LogP contribution is -2.23. The van der Waals surface area contributed by atoms with E-state index in [1.165, 1.54) is 32.1 Å². The molecule has 0 saturated heterocycles. The molecule has 3 rings (SSSR count). The van der Waals surface area contributed by atoms with E-state index >= 15 is 0 Å². The highest BCUT2D eigenvalue weighted by molar-refractivity contribution is 5.31. The molecule has 0 unspecified atom stereocenters. The van der Waals surface area contributed by atoms with Gasteiger partial charge in [-0.2, -0.15) is 5.26 Å². The zero-order valence-electron chi connectivity index (χ0n) is 13.6. The maximum absolute atomic E-state index is 8.73. The Labute approximate surface area is 137 Å². The lowest BCUT2D eigenvalue weighted by molar-refractivity contribution is 0.460. The van der Waals surface area contributed by atoms with E-state index in [0.29, 0.717) is 18.4 Å². The molecule has 0 aliphatic heterocycles. The number of nitriles is 1. The second-order valence-electron chi connectivity index (χ2n) is 5.66. The van der Waals surface area contributed by atoms with Crippen LogP contribution in [0.2, 0.25) is 0 Å². The van der Waals surface area contributed by atoms with Crippen molar-refractivity contribution < 1.29 is 0 Å². The highest BCUT2D eigenvalue weighted by Gasteiger charge is 2.14. The van der Waals surface area contributed by atoms with Crippen molar-refractivity contribution in [2.45, 2.75) is 51.5 Å². The summed E-state index contributed by atoms with van der Waals surface area (Å²) in [5, 5.41) is 12.1. The SMILES string of the molecule is Cc1cnc(NC2CCCCC2)nc1CC#N.c1ccncc1. The van der Waals surface area contributed by atoms with Crippen molar-refractivity contribution in [1.29, 1.82) is 5.26 Å². The number of aromatic nitrogens is 3. The second-order valence-corrected chi connectivity index (χ2v) is 5.66. The Morgan fingerprint density at radius 1 is 1.17 bits per heavy atom. The Hall–Kier alpha value is -2.48. The van der Waals surface area contributed by atoms with Crippen LogP contribution in [0.1, 0.15) is 43.4 Å². The minimum Gasteiger partial charge on any atom is -0.351 e. The van der Waals surface area contributed by atoms with E-state index in [9.17, 15) is 0 Å². The third kappa shape index (κ3) is 6.03. The van der Waals surface area contributed by atoms with Gasteiger partial charge in [0, 0.05) is 24.6 Å².